The van der Waals surface area contributed by atoms with Gasteiger partial charge in [-0.15, -0.1) is 6.42 Å². The van der Waals surface area contributed by atoms with Gasteiger partial charge in [0.25, 0.3) is 5.92 Å². The highest BCUT2D eigenvalue weighted by Crippen LogP contribution is 2.11. The summed E-state index contributed by atoms with van der Waals surface area (Å²) in [5.41, 5.74) is 0. The Morgan fingerprint density at radius 2 is 1.77 bits per heavy atom. The number of hydrogen-bond acceptors (Lipinski definition) is 7. The number of rotatable bonds is 5. The van der Waals surface area contributed by atoms with E-state index in [0.29, 0.717) is 0 Å². The number of aliphatic hydroxyl groups excluding tert-OH is 3. The molecule has 0 radical (unpaired) electrons. The molecule has 1 unspecified atom stereocenters. The van der Waals surface area contributed by atoms with Crippen LogP contribution in [0.4, 0.5) is 8.78 Å². The highest BCUT2D eigenvalue weighted by atomic mass is 19.3. The second-order valence-corrected chi connectivity index (χ2v) is 4.38. The molecule has 0 rings (SSSR count). The third-order valence-corrected chi connectivity index (χ3v) is 1.47. The zero-order valence-electron chi connectivity index (χ0n) is 18.3. The third-order valence-electron chi connectivity index (χ3n) is 1.47. The van der Waals surface area contributed by atoms with Crippen LogP contribution in [-0.4, -0.2) is 72.8 Å². The van der Waals surface area contributed by atoms with Gasteiger partial charge in [-0.05, 0) is 18.8 Å². The molecule has 0 saturated heterocycles. The molecule has 30 heavy (non-hydrogen) atoms. The van der Waals surface area contributed by atoms with Gasteiger partial charge < -0.3 is 20.1 Å². The van der Waals surface area contributed by atoms with Gasteiger partial charge >= 0.3 is 0 Å². The monoisotopic (exact) mass is 436 g/mol. The van der Waals surface area contributed by atoms with Crippen LogP contribution in [0, 0.1) is 36.1 Å². The first-order valence-electron chi connectivity index (χ1n) is 8.59. The largest absolute Gasteiger partial charge is 0.397 e. The average Bonchev–Trinajstić information content (AvgIpc) is 2.69. The van der Waals surface area contributed by atoms with Gasteiger partial charge in [-0.3, -0.25) is 10.1 Å². The van der Waals surface area contributed by atoms with Crippen LogP contribution in [0.3, 0.4) is 0 Å². The Morgan fingerprint density at radius 1 is 1.30 bits per heavy atom. The average molecular weight is 436 g/mol. The van der Waals surface area contributed by atoms with E-state index < -0.39 is 25.2 Å². The maximum absolute atomic E-state index is 12.0. The maximum atomic E-state index is 12.0. The summed E-state index contributed by atoms with van der Waals surface area (Å²) >= 11 is 0. The Balaban J connectivity index is -0.0000000716. The molecular formula is C20H34F2N2O6. The number of ether oxygens (including phenoxy) is 1. The SMILES string of the molecule is C#CC#CC#CNC(C)=O.CC.CC(F)(F)COCC(O)CO.CCO.CN=C=O.[HH]. The molecule has 0 aromatic heterocycles. The van der Waals surface area contributed by atoms with Crippen LogP contribution in [-0.2, 0) is 14.3 Å². The molecule has 10 heteroatoms. The number of amides is 1. The van der Waals surface area contributed by atoms with E-state index in [9.17, 15) is 13.6 Å². The van der Waals surface area contributed by atoms with Crippen molar-refractivity contribution in [1.82, 2.24) is 5.32 Å². The van der Waals surface area contributed by atoms with Gasteiger partial charge in [0.1, 0.15) is 12.7 Å². The number of nitrogens with zero attached hydrogens (tertiary/aromatic N) is 1. The number of isocyanates is 1. The van der Waals surface area contributed by atoms with Crippen LogP contribution in [0.2, 0.25) is 0 Å². The summed E-state index contributed by atoms with van der Waals surface area (Å²) in [5, 5.41) is 26.7. The molecule has 0 saturated carbocycles. The van der Waals surface area contributed by atoms with Gasteiger partial charge in [0, 0.05) is 46.8 Å². The number of hydrogen-bond donors (Lipinski definition) is 4. The standard InChI is InChI=1S/C8H5NO.C6H12F2O3.C2H3NO.C2H6O.C2H6.H2/c1-3-4-5-6-7-9-8(2)10;1-6(7,8)4-11-3-5(10)2-9;1-3-2-4;1-2-3;1-2;/h1H,2H3,(H,9,10);5,9-10H,2-4H2,1H3;1H3;3H,2H2,1H3;1-2H3;1H. The first-order chi connectivity index (χ1) is 14.1. The summed E-state index contributed by atoms with van der Waals surface area (Å²) in [6.45, 7) is 6.54. The number of aliphatic imine (C=N–C) groups is 1. The fourth-order valence-electron chi connectivity index (χ4n) is 0.645. The number of aliphatic hydroxyl groups is 3. The molecule has 0 aliphatic heterocycles. The molecule has 0 heterocycles. The van der Waals surface area contributed by atoms with Gasteiger partial charge in [0.05, 0.1) is 13.2 Å². The van der Waals surface area contributed by atoms with Crippen LogP contribution in [0.15, 0.2) is 4.99 Å². The third kappa shape index (κ3) is 73.1. The summed E-state index contributed by atoms with van der Waals surface area (Å²) in [4.78, 5) is 22.0. The minimum Gasteiger partial charge on any atom is -0.397 e. The van der Waals surface area contributed by atoms with Gasteiger partial charge in [-0.2, -0.15) is 0 Å². The van der Waals surface area contributed by atoms with Crippen molar-refractivity contribution in [3.05, 3.63) is 0 Å². The van der Waals surface area contributed by atoms with Crippen LogP contribution >= 0.6 is 0 Å². The van der Waals surface area contributed by atoms with E-state index >= 15 is 0 Å². The normalized spacial score (nSPS) is 8.60. The molecule has 0 spiro atoms. The number of alkyl halides is 2. The van der Waals surface area contributed by atoms with Gasteiger partial charge in [-0.25, -0.2) is 18.6 Å². The number of nitrogens with one attached hydrogen (secondary N) is 1. The second kappa shape index (κ2) is 33.8. The molecule has 0 aromatic carbocycles. The van der Waals surface area contributed by atoms with Gasteiger partial charge in [-0.1, -0.05) is 13.8 Å². The lowest BCUT2D eigenvalue weighted by Crippen LogP contribution is -2.25. The lowest BCUT2D eigenvalue weighted by Gasteiger charge is -2.12. The number of carbonyl (C=O) groups is 1. The first kappa shape index (κ1) is 37.9. The van der Waals surface area contributed by atoms with Crippen molar-refractivity contribution in [3.8, 4) is 36.1 Å². The molecule has 0 fully saturated rings. The number of terminal acetylenes is 1. The second-order valence-electron chi connectivity index (χ2n) is 4.38. The lowest BCUT2D eigenvalue weighted by atomic mass is 10.4. The predicted octanol–water partition coefficient (Wildman–Crippen LogP) is 0.954. The molecule has 0 bridgehead atoms. The summed E-state index contributed by atoms with van der Waals surface area (Å²) in [6.07, 6.45) is 5.03. The van der Waals surface area contributed by atoms with Gasteiger partial charge in [0.2, 0.25) is 12.0 Å². The Labute approximate surface area is 179 Å². The molecule has 0 aromatic rings. The molecule has 4 N–H and O–H groups in total. The van der Waals surface area contributed by atoms with Crippen molar-refractivity contribution in [2.75, 3.05) is 33.5 Å². The molecule has 8 nitrogen and oxygen atoms in total. The van der Waals surface area contributed by atoms with Crippen molar-refractivity contribution >= 4 is 12.0 Å². The van der Waals surface area contributed by atoms with Crippen molar-refractivity contribution in [3.63, 3.8) is 0 Å². The predicted molar refractivity (Wildman–Crippen MR) is 113 cm³/mol. The maximum Gasteiger partial charge on any atom is 0.268 e. The Bertz CT molecular complexity index is 593. The Kier molecular flexibility index (Phi) is 42.7. The van der Waals surface area contributed by atoms with Crippen molar-refractivity contribution in [2.24, 2.45) is 4.99 Å². The fraction of sp³-hybridized carbons (Fsp3) is 0.600. The molecule has 1 amide bonds. The minimum atomic E-state index is -2.88. The molecule has 0 aliphatic carbocycles. The number of halogens is 2. The molecule has 0 aliphatic rings. The van der Waals surface area contributed by atoms with E-state index in [1.165, 1.54) is 20.1 Å². The number of carbonyl (C=O) groups excluding carboxylic acids is 2. The van der Waals surface area contributed by atoms with Crippen LogP contribution in [0.25, 0.3) is 0 Å². The van der Waals surface area contributed by atoms with Crippen LogP contribution in [0.5, 0.6) is 0 Å². The fourth-order valence-corrected chi connectivity index (χ4v) is 0.645. The minimum absolute atomic E-state index is 0. The van der Waals surface area contributed by atoms with E-state index in [0.717, 1.165) is 6.92 Å². The molecular weight excluding hydrogens is 402 g/mol. The van der Waals surface area contributed by atoms with E-state index in [2.05, 4.69) is 44.8 Å². The Hall–Kier alpha value is -2.77. The molecule has 174 valence electrons. The topological polar surface area (TPSA) is 128 Å². The van der Waals surface area contributed by atoms with Crippen molar-refractivity contribution < 1.29 is 39.9 Å². The zero-order chi connectivity index (χ0) is 24.8. The first-order valence-corrected chi connectivity index (χ1v) is 8.59. The zero-order valence-corrected chi connectivity index (χ0v) is 18.3. The summed E-state index contributed by atoms with van der Waals surface area (Å²) in [6, 6.07) is 2.30. The van der Waals surface area contributed by atoms with Gasteiger partial charge in [0.15, 0.2) is 0 Å². The van der Waals surface area contributed by atoms with Crippen LogP contribution < -0.4 is 5.32 Å². The highest BCUT2D eigenvalue weighted by molar-refractivity contribution is 5.74. The van der Waals surface area contributed by atoms with Crippen molar-refractivity contribution in [1.29, 1.82) is 0 Å². The van der Waals surface area contributed by atoms with E-state index in [-0.39, 0.29) is 20.5 Å². The van der Waals surface area contributed by atoms with Crippen molar-refractivity contribution in [2.45, 2.75) is 46.6 Å². The van der Waals surface area contributed by atoms with Crippen LogP contribution in [0.1, 0.15) is 36.0 Å². The summed E-state index contributed by atoms with van der Waals surface area (Å²) in [5.74, 6) is 5.92. The smallest absolute Gasteiger partial charge is 0.268 e. The van der Waals surface area contributed by atoms with E-state index in [4.69, 9.17) is 26.5 Å². The lowest BCUT2D eigenvalue weighted by molar-refractivity contribution is -0.117. The Morgan fingerprint density at radius 3 is 2.07 bits per heavy atom. The summed E-state index contributed by atoms with van der Waals surface area (Å²) in [7, 11) is 1.38. The summed E-state index contributed by atoms with van der Waals surface area (Å²) < 4.78 is 28.4. The van der Waals surface area contributed by atoms with E-state index in [1.54, 1.807) is 6.92 Å². The molecule has 1 atom stereocenters. The quantitative estimate of drug-likeness (QED) is 0.220. The highest BCUT2D eigenvalue weighted by Gasteiger charge is 2.21. The van der Waals surface area contributed by atoms with E-state index in [1.807, 2.05) is 13.8 Å².